The first-order valence-corrected chi connectivity index (χ1v) is 11.1. The Morgan fingerprint density at radius 1 is 1.06 bits per heavy atom. The van der Waals surface area contributed by atoms with Gasteiger partial charge in [-0.05, 0) is 55.8 Å². The maximum absolute atomic E-state index is 13.1. The van der Waals surface area contributed by atoms with Crippen LogP contribution in [0, 0.1) is 0 Å². The Kier molecular flexibility index (Phi) is 5.86. The molecule has 5 rings (SSSR count). The molecule has 0 spiro atoms. The van der Waals surface area contributed by atoms with Crippen molar-refractivity contribution in [3.8, 4) is 17.1 Å². The van der Waals surface area contributed by atoms with E-state index in [9.17, 15) is 4.79 Å². The molecule has 2 amide bonds. The van der Waals surface area contributed by atoms with Crippen LogP contribution in [0.25, 0.3) is 17.0 Å². The van der Waals surface area contributed by atoms with Crippen molar-refractivity contribution >= 4 is 11.6 Å². The van der Waals surface area contributed by atoms with Crippen LogP contribution in [0.2, 0.25) is 0 Å². The van der Waals surface area contributed by atoms with Crippen molar-refractivity contribution in [3.05, 3.63) is 95.9 Å². The van der Waals surface area contributed by atoms with Crippen LogP contribution in [0.5, 0.6) is 5.75 Å². The quantitative estimate of drug-likeness (QED) is 0.399. The highest BCUT2D eigenvalue weighted by Crippen LogP contribution is 2.37. The van der Waals surface area contributed by atoms with Crippen LogP contribution < -0.4 is 10.1 Å². The third kappa shape index (κ3) is 4.17. The largest absolute Gasteiger partial charge is 0.494 e. The second-order valence-electron chi connectivity index (χ2n) is 7.84. The SMILES string of the molecule is CCOc1ccc(-c2noc(C3=C(C)N(Cc4ccco4)C(=O)NC3c3ccccc3)n2)cc1. The van der Waals surface area contributed by atoms with E-state index in [4.69, 9.17) is 13.7 Å². The molecule has 1 unspecified atom stereocenters. The third-order valence-corrected chi connectivity index (χ3v) is 5.70. The zero-order valence-electron chi connectivity index (χ0n) is 18.9. The van der Waals surface area contributed by atoms with Gasteiger partial charge in [-0.25, -0.2) is 4.79 Å². The summed E-state index contributed by atoms with van der Waals surface area (Å²) in [6.45, 7) is 4.71. The molecule has 4 aromatic rings. The Morgan fingerprint density at radius 3 is 2.56 bits per heavy atom. The highest BCUT2D eigenvalue weighted by Gasteiger charge is 2.36. The lowest BCUT2D eigenvalue weighted by molar-refractivity contribution is 0.199. The van der Waals surface area contributed by atoms with Gasteiger partial charge >= 0.3 is 6.03 Å². The summed E-state index contributed by atoms with van der Waals surface area (Å²) in [5.74, 6) is 2.26. The lowest BCUT2D eigenvalue weighted by atomic mass is 9.94. The number of benzene rings is 2. The summed E-state index contributed by atoms with van der Waals surface area (Å²) in [5.41, 5.74) is 3.18. The van der Waals surface area contributed by atoms with Crippen LogP contribution >= 0.6 is 0 Å². The maximum atomic E-state index is 13.1. The predicted molar refractivity (Wildman–Crippen MR) is 125 cm³/mol. The molecule has 1 aliphatic rings. The second-order valence-corrected chi connectivity index (χ2v) is 7.84. The lowest BCUT2D eigenvalue weighted by Crippen LogP contribution is -2.45. The van der Waals surface area contributed by atoms with Crippen molar-refractivity contribution in [1.82, 2.24) is 20.4 Å². The molecule has 8 heteroatoms. The molecule has 3 heterocycles. The van der Waals surface area contributed by atoms with Gasteiger partial charge in [-0.1, -0.05) is 35.5 Å². The van der Waals surface area contributed by atoms with Gasteiger partial charge in [-0.15, -0.1) is 0 Å². The molecule has 2 aromatic carbocycles. The number of hydrogen-bond donors (Lipinski definition) is 1. The molecule has 0 saturated carbocycles. The normalized spacial score (nSPS) is 16.0. The van der Waals surface area contributed by atoms with E-state index >= 15 is 0 Å². The molecule has 172 valence electrons. The average Bonchev–Trinajstić information content (AvgIpc) is 3.55. The first-order chi connectivity index (χ1) is 16.6. The van der Waals surface area contributed by atoms with E-state index in [0.717, 1.165) is 28.1 Å². The fourth-order valence-electron chi connectivity index (χ4n) is 4.02. The van der Waals surface area contributed by atoms with Gasteiger partial charge in [0.15, 0.2) is 0 Å². The molecule has 0 aliphatic carbocycles. The van der Waals surface area contributed by atoms with Gasteiger partial charge in [0.25, 0.3) is 5.89 Å². The van der Waals surface area contributed by atoms with E-state index in [2.05, 4.69) is 15.5 Å². The van der Waals surface area contributed by atoms with Gasteiger partial charge in [0.1, 0.15) is 11.5 Å². The number of urea groups is 1. The number of carbonyl (C=O) groups is 1. The summed E-state index contributed by atoms with van der Waals surface area (Å²) in [7, 11) is 0. The van der Waals surface area contributed by atoms with Crippen LogP contribution in [0.3, 0.4) is 0 Å². The topological polar surface area (TPSA) is 93.6 Å². The summed E-state index contributed by atoms with van der Waals surface area (Å²) >= 11 is 0. The van der Waals surface area contributed by atoms with Crippen molar-refractivity contribution in [2.75, 3.05) is 6.61 Å². The van der Waals surface area contributed by atoms with Crippen molar-refractivity contribution in [3.63, 3.8) is 0 Å². The Labute approximate surface area is 196 Å². The van der Waals surface area contributed by atoms with Crippen LogP contribution in [-0.2, 0) is 6.54 Å². The number of nitrogens with zero attached hydrogens (tertiary/aromatic N) is 3. The van der Waals surface area contributed by atoms with E-state index in [1.54, 1.807) is 17.2 Å². The number of hydrogen-bond acceptors (Lipinski definition) is 6. The molecule has 1 aliphatic heterocycles. The fourth-order valence-corrected chi connectivity index (χ4v) is 4.02. The van der Waals surface area contributed by atoms with Crippen molar-refractivity contribution < 1.29 is 18.5 Å². The molecule has 2 aromatic heterocycles. The molecule has 0 radical (unpaired) electrons. The van der Waals surface area contributed by atoms with Gasteiger partial charge in [0, 0.05) is 11.3 Å². The molecule has 0 bridgehead atoms. The summed E-state index contributed by atoms with van der Waals surface area (Å²) in [6.07, 6.45) is 1.59. The number of carbonyl (C=O) groups excluding carboxylic acids is 1. The van der Waals surface area contributed by atoms with Crippen molar-refractivity contribution in [2.45, 2.75) is 26.4 Å². The second kappa shape index (κ2) is 9.27. The predicted octanol–water partition coefficient (Wildman–Crippen LogP) is 5.43. The van der Waals surface area contributed by atoms with Gasteiger partial charge in [-0.3, -0.25) is 4.90 Å². The number of rotatable bonds is 7. The van der Waals surface area contributed by atoms with E-state index in [1.807, 2.05) is 74.5 Å². The van der Waals surface area contributed by atoms with E-state index in [1.165, 1.54) is 0 Å². The Balaban J connectivity index is 1.55. The summed E-state index contributed by atoms with van der Waals surface area (Å²) in [6, 6.07) is 20.2. The van der Waals surface area contributed by atoms with Gasteiger partial charge in [-0.2, -0.15) is 4.98 Å². The molecular weight excluding hydrogens is 432 g/mol. The number of furan rings is 1. The number of nitrogens with one attached hydrogen (secondary N) is 1. The smallest absolute Gasteiger partial charge is 0.322 e. The molecule has 1 N–H and O–H groups in total. The number of amides is 2. The van der Waals surface area contributed by atoms with Crippen LogP contribution in [0.1, 0.15) is 37.1 Å². The van der Waals surface area contributed by atoms with Gasteiger partial charge < -0.3 is 19.0 Å². The van der Waals surface area contributed by atoms with Gasteiger partial charge in [0.2, 0.25) is 5.82 Å². The summed E-state index contributed by atoms with van der Waals surface area (Å²) in [5, 5.41) is 7.30. The highest BCUT2D eigenvalue weighted by molar-refractivity contribution is 5.86. The number of ether oxygens (including phenoxy) is 1. The first kappa shape index (κ1) is 21.5. The number of allylic oxidation sites excluding steroid dienone is 1. The minimum absolute atomic E-state index is 0.224. The third-order valence-electron chi connectivity index (χ3n) is 5.70. The zero-order valence-corrected chi connectivity index (χ0v) is 18.9. The minimum Gasteiger partial charge on any atom is -0.494 e. The highest BCUT2D eigenvalue weighted by atomic mass is 16.5. The number of aromatic nitrogens is 2. The minimum atomic E-state index is -0.435. The summed E-state index contributed by atoms with van der Waals surface area (Å²) in [4.78, 5) is 19.4. The molecule has 34 heavy (non-hydrogen) atoms. The van der Waals surface area contributed by atoms with Crippen LogP contribution in [0.15, 0.2) is 87.6 Å². The summed E-state index contributed by atoms with van der Waals surface area (Å²) < 4.78 is 16.7. The van der Waals surface area contributed by atoms with E-state index in [0.29, 0.717) is 24.1 Å². The van der Waals surface area contributed by atoms with Crippen LogP contribution in [-0.4, -0.2) is 27.7 Å². The molecule has 1 atom stereocenters. The molecular formula is C26H24N4O4. The average molecular weight is 457 g/mol. The van der Waals surface area contributed by atoms with Crippen molar-refractivity contribution in [1.29, 1.82) is 0 Å². The lowest BCUT2D eigenvalue weighted by Gasteiger charge is -2.34. The standard InChI is InChI=1S/C26H24N4O4/c1-3-32-20-13-11-19(12-14-20)24-28-25(34-29-24)22-17(2)30(16-21-10-7-15-33-21)26(31)27-23(22)18-8-5-4-6-9-18/h4-15,23H,3,16H2,1-2H3,(H,27,31). The monoisotopic (exact) mass is 456 g/mol. The molecule has 8 nitrogen and oxygen atoms in total. The Bertz CT molecular complexity index is 1290. The van der Waals surface area contributed by atoms with E-state index < -0.39 is 6.04 Å². The van der Waals surface area contributed by atoms with E-state index in [-0.39, 0.29) is 12.6 Å². The van der Waals surface area contributed by atoms with Crippen LogP contribution in [0.4, 0.5) is 4.79 Å². The Morgan fingerprint density at radius 2 is 1.85 bits per heavy atom. The molecule has 0 fully saturated rings. The Hall–Kier alpha value is -4.33. The van der Waals surface area contributed by atoms with Crippen molar-refractivity contribution in [2.24, 2.45) is 0 Å². The molecule has 0 saturated heterocycles. The first-order valence-electron chi connectivity index (χ1n) is 11.1. The maximum Gasteiger partial charge on any atom is 0.322 e. The zero-order chi connectivity index (χ0) is 23.5. The van der Waals surface area contributed by atoms with Gasteiger partial charge in [0.05, 0.1) is 31.0 Å². The fraction of sp³-hybridized carbons (Fsp3) is 0.192.